The van der Waals surface area contributed by atoms with Crippen molar-refractivity contribution < 1.29 is 23.9 Å². The highest BCUT2D eigenvalue weighted by Crippen LogP contribution is 2.18. The average molecular weight is 415 g/mol. The normalized spacial score (nSPS) is 12.1. The van der Waals surface area contributed by atoms with E-state index in [4.69, 9.17) is 9.47 Å². The third-order valence-corrected chi connectivity index (χ3v) is 3.56. The van der Waals surface area contributed by atoms with Gasteiger partial charge in [0, 0.05) is 11.5 Å². The van der Waals surface area contributed by atoms with Crippen molar-refractivity contribution in [3.05, 3.63) is 34.3 Å². The third kappa shape index (κ3) is 7.13. The summed E-state index contributed by atoms with van der Waals surface area (Å²) in [7, 11) is 2.69. The third-order valence-electron chi connectivity index (χ3n) is 3.03. The Morgan fingerprint density at radius 2 is 1.76 bits per heavy atom. The number of rotatable bonds is 5. The number of carbonyl (C=O) groups is 3. The molecule has 25 heavy (non-hydrogen) atoms. The monoisotopic (exact) mass is 414 g/mol. The summed E-state index contributed by atoms with van der Waals surface area (Å²) in [5, 5.41) is 2.57. The molecule has 1 aromatic rings. The Morgan fingerprint density at radius 1 is 1.20 bits per heavy atom. The molecule has 1 atom stereocenters. The number of halogens is 1. The highest BCUT2D eigenvalue weighted by Gasteiger charge is 2.26. The molecule has 0 bridgehead atoms. The van der Waals surface area contributed by atoms with E-state index in [1.807, 2.05) is 0 Å². The lowest BCUT2D eigenvalue weighted by atomic mass is 10.1. The minimum Gasteiger partial charge on any atom is -0.467 e. The first-order valence-corrected chi connectivity index (χ1v) is 8.39. The topological polar surface area (TPSA) is 84.9 Å². The van der Waals surface area contributed by atoms with Gasteiger partial charge < -0.3 is 19.7 Å². The number of benzene rings is 1. The first-order chi connectivity index (χ1) is 11.5. The van der Waals surface area contributed by atoms with Crippen LogP contribution in [0.3, 0.4) is 0 Å². The molecule has 1 unspecified atom stereocenters. The van der Waals surface area contributed by atoms with E-state index >= 15 is 0 Å². The maximum Gasteiger partial charge on any atom is 0.410 e. The highest BCUT2D eigenvalue weighted by atomic mass is 79.9. The number of hydrogen-bond acceptors (Lipinski definition) is 5. The summed E-state index contributed by atoms with van der Waals surface area (Å²) < 4.78 is 10.8. The van der Waals surface area contributed by atoms with Crippen molar-refractivity contribution in [1.82, 2.24) is 10.2 Å². The molecule has 0 aliphatic heterocycles. The van der Waals surface area contributed by atoms with Gasteiger partial charge in [0.1, 0.15) is 12.1 Å². The standard InChI is InChI=1S/C17H23BrN2O5/c1-17(2,3)25-16(23)20(4)10-13(21)19-14(15(22)24-5)11-6-8-12(18)9-7-11/h6-9,14H,10H2,1-5H3,(H,19,21). The maximum atomic E-state index is 12.2. The van der Waals surface area contributed by atoms with Crippen LogP contribution in [0.15, 0.2) is 28.7 Å². The number of likely N-dealkylation sites (N-methyl/N-ethyl adjacent to an activating group) is 1. The van der Waals surface area contributed by atoms with E-state index in [1.54, 1.807) is 45.0 Å². The molecule has 0 aliphatic rings. The smallest absolute Gasteiger partial charge is 0.410 e. The summed E-state index contributed by atoms with van der Waals surface area (Å²) in [6.45, 7) is 4.96. The van der Waals surface area contributed by atoms with E-state index < -0.39 is 29.6 Å². The van der Waals surface area contributed by atoms with Crippen molar-refractivity contribution in [3.8, 4) is 0 Å². The van der Waals surface area contributed by atoms with Crippen LogP contribution < -0.4 is 5.32 Å². The van der Waals surface area contributed by atoms with Crippen LogP contribution in [0.4, 0.5) is 4.79 Å². The van der Waals surface area contributed by atoms with Crippen LogP contribution >= 0.6 is 15.9 Å². The van der Waals surface area contributed by atoms with E-state index in [1.165, 1.54) is 14.2 Å². The Kier molecular flexibility index (Phi) is 7.41. The van der Waals surface area contributed by atoms with E-state index in [2.05, 4.69) is 21.2 Å². The quantitative estimate of drug-likeness (QED) is 0.748. The predicted octanol–water partition coefficient (Wildman–Crippen LogP) is 2.65. The number of nitrogens with one attached hydrogen (secondary N) is 1. The van der Waals surface area contributed by atoms with Crippen molar-refractivity contribution in [2.45, 2.75) is 32.4 Å². The second-order valence-corrected chi connectivity index (χ2v) is 7.33. The van der Waals surface area contributed by atoms with Crippen LogP contribution in [0.25, 0.3) is 0 Å². The molecule has 0 saturated heterocycles. The summed E-state index contributed by atoms with van der Waals surface area (Å²) in [4.78, 5) is 37.2. The predicted molar refractivity (Wildman–Crippen MR) is 95.9 cm³/mol. The highest BCUT2D eigenvalue weighted by molar-refractivity contribution is 9.10. The summed E-state index contributed by atoms with van der Waals surface area (Å²) in [6, 6.07) is 5.94. The van der Waals surface area contributed by atoms with Crippen LogP contribution in [-0.2, 0) is 19.1 Å². The molecular formula is C17H23BrN2O5. The molecule has 1 aromatic carbocycles. The summed E-state index contributed by atoms with van der Waals surface area (Å²) in [6.07, 6.45) is -0.624. The summed E-state index contributed by atoms with van der Waals surface area (Å²) in [5.41, 5.74) is -0.0864. The van der Waals surface area contributed by atoms with Crippen molar-refractivity contribution >= 4 is 33.9 Å². The van der Waals surface area contributed by atoms with Gasteiger partial charge in [-0.05, 0) is 38.5 Å². The zero-order chi connectivity index (χ0) is 19.2. The van der Waals surface area contributed by atoms with E-state index in [-0.39, 0.29) is 6.54 Å². The van der Waals surface area contributed by atoms with Gasteiger partial charge in [-0.25, -0.2) is 9.59 Å². The lowest BCUT2D eigenvalue weighted by molar-refractivity contribution is -0.145. The molecule has 0 aliphatic carbocycles. The Bertz CT molecular complexity index is 625. The Hall–Kier alpha value is -2.09. The van der Waals surface area contributed by atoms with Crippen molar-refractivity contribution in [2.75, 3.05) is 20.7 Å². The number of nitrogens with zero attached hydrogens (tertiary/aromatic N) is 1. The molecule has 0 saturated carbocycles. The summed E-state index contributed by atoms with van der Waals surface area (Å²) >= 11 is 3.31. The van der Waals surface area contributed by atoms with E-state index in [0.29, 0.717) is 5.56 Å². The van der Waals surface area contributed by atoms with Gasteiger partial charge in [-0.3, -0.25) is 4.79 Å². The number of esters is 1. The molecule has 0 heterocycles. The largest absolute Gasteiger partial charge is 0.467 e. The average Bonchev–Trinajstić information content (AvgIpc) is 2.51. The second kappa shape index (κ2) is 8.84. The number of ether oxygens (including phenoxy) is 2. The van der Waals surface area contributed by atoms with Crippen LogP contribution in [-0.4, -0.2) is 49.2 Å². The Labute approximate surface area is 155 Å². The van der Waals surface area contributed by atoms with Crippen molar-refractivity contribution in [2.24, 2.45) is 0 Å². The van der Waals surface area contributed by atoms with Crippen LogP contribution in [0.1, 0.15) is 32.4 Å². The van der Waals surface area contributed by atoms with Gasteiger partial charge in [0.15, 0.2) is 6.04 Å². The first-order valence-electron chi connectivity index (χ1n) is 7.60. The molecule has 7 nitrogen and oxygen atoms in total. The van der Waals surface area contributed by atoms with Gasteiger partial charge >= 0.3 is 12.1 Å². The minimum absolute atomic E-state index is 0.251. The fourth-order valence-electron chi connectivity index (χ4n) is 1.88. The molecule has 2 amide bonds. The summed E-state index contributed by atoms with van der Waals surface area (Å²) in [5.74, 6) is -1.11. The van der Waals surface area contributed by atoms with Gasteiger partial charge in [-0.15, -0.1) is 0 Å². The molecule has 0 radical (unpaired) electrons. The van der Waals surface area contributed by atoms with Gasteiger partial charge in [-0.2, -0.15) is 0 Å². The number of amides is 2. The van der Waals surface area contributed by atoms with Gasteiger partial charge in [0.25, 0.3) is 0 Å². The van der Waals surface area contributed by atoms with Gasteiger partial charge in [0.2, 0.25) is 5.91 Å². The van der Waals surface area contributed by atoms with E-state index in [9.17, 15) is 14.4 Å². The SMILES string of the molecule is COC(=O)C(NC(=O)CN(C)C(=O)OC(C)(C)C)c1ccc(Br)cc1. The van der Waals surface area contributed by atoms with Crippen molar-refractivity contribution in [3.63, 3.8) is 0 Å². The van der Waals surface area contributed by atoms with Crippen LogP contribution in [0.5, 0.6) is 0 Å². The number of methoxy groups -OCH3 is 1. The molecule has 0 spiro atoms. The second-order valence-electron chi connectivity index (χ2n) is 6.41. The zero-order valence-electron chi connectivity index (χ0n) is 15.0. The Morgan fingerprint density at radius 3 is 2.24 bits per heavy atom. The molecule has 138 valence electrons. The van der Waals surface area contributed by atoms with Gasteiger partial charge in [-0.1, -0.05) is 28.1 Å². The van der Waals surface area contributed by atoms with E-state index in [0.717, 1.165) is 9.37 Å². The van der Waals surface area contributed by atoms with Crippen LogP contribution in [0, 0.1) is 0 Å². The molecule has 0 aromatic heterocycles. The maximum absolute atomic E-state index is 12.2. The lowest BCUT2D eigenvalue weighted by Gasteiger charge is -2.25. The minimum atomic E-state index is -0.961. The molecule has 8 heteroatoms. The zero-order valence-corrected chi connectivity index (χ0v) is 16.5. The first kappa shape index (κ1) is 21.0. The lowest BCUT2D eigenvalue weighted by Crippen LogP contribution is -2.43. The fraction of sp³-hybridized carbons (Fsp3) is 0.471. The molecule has 1 rings (SSSR count). The fourth-order valence-corrected chi connectivity index (χ4v) is 2.14. The molecule has 1 N–H and O–H groups in total. The number of hydrogen-bond donors (Lipinski definition) is 1. The Balaban J connectivity index is 2.77. The van der Waals surface area contributed by atoms with Gasteiger partial charge in [0.05, 0.1) is 7.11 Å². The molecular weight excluding hydrogens is 392 g/mol. The number of carbonyl (C=O) groups excluding carboxylic acids is 3. The van der Waals surface area contributed by atoms with Crippen LogP contribution in [0.2, 0.25) is 0 Å². The van der Waals surface area contributed by atoms with Crippen molar-refractivity contribution in [1.29, 1.82) is 0 Å². The molecule has 0 fully saturated rings.